The van der Waals surface area contributed by atoms with Gasteiger partial charge in [-0.1, -0.05) is 6.07 Å². The lowest BCUT2D eigenvalue weighted by atomic mass is 9.95. The minimum absolute atomic E-state index is 0.606. The zero-order valence-electron chi connectivity index (χ0n) is 13.7. The number of hydrogen-bond donors (Lipinski definition) is 0. The Bertz CT molecular complexity index is 817. The Kier molecular flexibility index (Phi) is 5.07. The minimum Gasteiger partial charge on any atom is -0.298 e. The molecular formula is C20H18O2S2. The zero-order valence-corrected chi connectivity index (χ0v) is 15.3. The molecule has 0 amide bonds. The SMILES string of the molecule is Cc1ccc(Cc2cc(Cc3ccc(C)s3)c(C=O)cc2C=O)s1. The first-order valence-corrected chi connectivity index (χ1v) is 9.39. The fourth-order valence-corrected chi connectivity index (χ4v) is 4.62. The average molecular weight is 354 g/mol. The van der Waals surface area contributed by atoms with Crippen molar-refractivity contribution >= 4 is 35.2 Å². The van der Waals surface area contributed by atoms with Crippen LogP contribution in [0.1, 0.15) is 51.4 Å². The van der Waals surface area contributed by atoms with Crippen LogP contribution < -0.4 is 0 Å². The Morgan fingerprint density at radius 1 is 0.750 bits per heavy atom. The molecule has 4 heteroatoms. The van der Waals surface area contributed by atoms with Gasteiger partial charge in [-0.15, -0.1) is 22.7 Å². The smallest absolute Gasteiger partial charge is 0.150 e. The lowest BCUT2D eigenvalue weighted by Crippen LogP contribution is -2.01. The first-order valence-electron chi connectivity index (χ1n) is 7.76. The van der Waals surface area contributed by atoms with E-state index in [1.165, 1.54) is 19.5 Å². The molecule has 2 nitrogen and oxygen atoms in total. The molecule has 2 heterocycles. The molecule has 1 aromatic carbocycles. The lowest BCUT2D eigenvalue weighted by Gasteiger charge is -2.10. The molecule has 122 valence electrons. The van der Waals surface area contributed by atoms with E-state index >= 15 is 0 Å². The molecule has 0 saturated heterocycles. The van der Waals surface area contributed by atoms with Gasteiger partial charge in [0.05, 0.1) is 0 Å². The monoisotopic (exact) mass is 354 g/mol. The first kappa shape index (κ1) is 16.8. The maximum Gasteiger partial charge on any atom is 0.150 e. The van der Waals surface area contributed by atoms with Gasteiger partial charge in [0.2, 0.25) is 0 Å². The van der Waals surface area contributed by atoms with E-state index in [4.69, 9.17) is 0 Å². The molecule has 0 fully saturated rings. The summed E-state index contributed by atoms with van der Waals surface area (Å²) in [6.45, 7) is 4.16. The maximum absolute atomic E-state index is 11.5. The second-order valence-corrected chi connectivity index (χ2v) is 8.61. The summed E-state index contributed by atoms with van der Waals surface area (Å²) in [5.74, 6) is 0. The van der Waals surface area contributed by atoms with Crippen LogP contribution in [0.5, 0.6) is 0 Å². The van der Waals surface area contributed by atoms with Crippen LogP contribution in [0.4, 0.5) is 0 Å². The van der Waals surface area contributed by atoms with Crippen molar-refractivity contribution in [2.24, 2.45) is 0 Å². The van der Waals surface area contributed by atoms with Crippen molar-refractivity contribution < 1.29 is 9.59 Å². The van der Waals surface area contributed by atoms with Crippen LogP contribution in [0.2, 0.25) is 0 Å². The maximum atomic E-state index is 11.5. The van der Waals surface area contributed by atoms with Crippen LogP contribution in [0.25, 0.3) is 0 Å². The number of benzene rings is 1. The van der Waals surface area contributed by atoms with Crippen molar-refractivity contribution in [1.29, 1.82) is 0 Å². The highest BCUT2D eigenvalue weighted by Gasteiger charge is 2.12. The van der Waals surface area contributed by atoms with Crippen LogP contribution in [-0.4, -0.2) is 12.6 Å². The van der Waals surface area contributed by atoms with E-state index in [9.17, 15) is 9.59 Å². The van der Waals surface area contributed by atoms with Gasteiger partial charge in [-0.3, -0.25) is 9.59 Å². The molecule has 2 aromatic heterocycles. The largest absolute Gasteiger partial charge is 0.298 e. The van der Waals surface area contributed by atoms with Crippen LogP contribution in [-0.2, 0) is 12.8 Å². The summed E-state index contributed by atoms with van der Waals surface area (Å²) in [5, 5.41) is 0. The Balaban J connectivity index is 1.99. The molecular weight excluding hydrogens is 336 g/mol. The quantitative estimate of drug-likeness (QED) is 0.568. The van der Waals surface area contributed by atoms with Crippen molar-refractivity contribution in [3.05, 3.63) is 78.2 Å². The topological polar surface area (TPSA) is 34.1 Å². The van der Waals surface area contributed by atoms with Gasteiger partial charge in [-0.2, -0.15) is 0 Å². The van der Waals surface area contributed by atoms with E-state index in [1.54, 1.807) is 28.7 Å². The number of aldehydes is 2. The Morgan fingerprint density at radius 3 is 1.54 bits per heavy atom. The molecule has 3 aromatic rings. The predicted molar refractivity (Wildman–Crippen MR) is 101 cm³/mol. The summed E-state index contributed by atoms with van der Waals surface area (Å²) < 4.78 is 0. The summed E-state index contributed by atoms with van der Waals surface area (Å²) in [6.07, 6.45) is 3.15. The number of rotatable bonds is 6. The summed E-state index contributed by atoms with van der Waals surface area (Å²) in [6, 6.07) is 12.1. The number of carbonyl (C=O) groups is 2. The number of thiophene rings is 2. The molecule has 0 atom stereocenters. The van der Waals surface area contributed by atoms with Crippen LogP contribution in [0, 0.1) is 13.8 Å². The molecule has 0 spiro atoms. The Hall–Kier alpha value is -2.04. The van der Waals surface area contributed by atoms with Gasteiger partial charge in [0, 0.05) is 43.5 Å². The number of aryl methyl sites for hydroxylation is 2. The highest BCUT2D eigenvalue weighted by molar-refractivity contribution is 7.12. The molecule has 24 heavy (non-hydrogen) atoms. The fraction of sp³-hybridized carbons (Fsp3) is 0.200. The van der Waals surface area contributed by atoms with Crippen LogP contribution in [0.15, 0.2) is 36.4 Å². The van der Waals surface area contributed by atoms with Gasteiger partial charge < -0.3 is 0 Å². The molecule has 0 N–H and O–H groups in total. The van der Waals surface area contributed by atoms with E-state index < -0.39 is 0 Å². The van der Waals surface area contributed by atoms with Gasteiger partial charge in [0.1, 0.15) is 12.6 Å². The van der Waals surface area contributed by atoms with Gasteiger partial charge in [-0.25, -0.2) is 0 Å². The fourth-order valence-electron chi connectivity index (χ4n) is 2.79. The van der Waals surface area contributed by atoms with Gasteiger partial charge >= 0.3 is 0 Å². The third-order valence-corrected chi connectivity index (χ3v) is 5.98. The van der Waals surface area contributed by atoms with Gasteiger partial charge in [0.25, 0.3) is 0 Å². The average Bonchev–Trinajstić information content (AvgIpc) is 3.16. The Morgan fingerprint density at radius 2 is 1.21 bits per heavy atom. The van der Waals surface area contributed by atoms with Gasteiger partial charge in [-0.05, 0) is 55.3 Å². The van der Waals surface area contributed by atoms with Crippen molar-refractivity contribution in [3.63, 3.8) is 0 Å². The second-order valence-electron chi connectivity index (χ2n) is 5.86. The third-order valence-electron chi connectivity index (χ3n) is 3.98. The summed E-state index contributed by atoms with van der Waals surface area (Å²) in [5.41, 5.74) is 3.19. The first-order chi connectivity index (χ1) is 11.6. The molecule has 0 bridgehead atoms. The number of hydrogen-bond acceptors (Lipinski definition) is 4. The van der Waals surface area contributed by atoms with Gasteiger partial charge in [0.15, 0.2) is 0 Å². The summed E-state index contributed by atoms with van der Waals surface area (Å²) in [4.78, 5) is 27.9. The molecule has 0 aliphatic rings. The van der Waals surface area contributed by atoms with Crippen LogP contribution >= 0.6 is 22.7 Å². The highest BCUT2D eigenvalue weighted by atomic mass is 32.1. The van der Waals surface area contributed by atoms with Crippen molar-refractivity contribution in [3.8, 4) is 0 Å². The third kappa shape index (κ3) is 3.71. The molecule has 0 radical (unpaired) electrons. The second kappa shape index (κ2) is 7.24. The van der Waals surface area contributed by atoms with E-state index in [0.29, 0.717) is 11.1 Å². The van der Waals surface area contributed by atoms with E-state index in [0.717, 1.165) is 36.5 Å². The Labute approximate surface area is 149 Å². The normalized spacial score (nSPS) is 10.8. The number of carbonyl (C=O) groups excluding carboxylic acids is 2. The van der Waals surface area contributed by atoms with Crippen LogP contribution in [0.3, 0.4) is 0 Å². The van der Waals surface area contributed by atoms with Crippen molar-refractivity contribution in [1.82, 2.24) is 0 Å². The molecule has 0 saturated carbocycles. The standard InChI is InChI=1S/C20H18O2S2/c1-13-3-5-19(23-13)9-15-7-16(10-20-6-4-14(2)24-20)18(12-22)8-17(15)11-21/h3-8,11-12H,9-10H2,1-2H3. The molecule has 0 aliphatic heterocycles. The summed E-state index contributed by atoms with van der Waals surface area (Å²) in [7, 11) is 0. The zero-order chi connectivity index (χ0) is 17.1. The predicted octanol–water partition coefficient (Wildman–Crippen LogP) is 5.23. The highest BCUT2D eigenvalue weighted by Crippen LogP contribution is 2.26. The summed E-state index contributed by atoms with van der Waals surface area (Å²) >= 11 is 3.48. The lowest BCUT2D eigenvalue weighted by molar-refractivity contribution is 0.112. The van der Waals surface area contributed by atoms with E-state index in [2.05, 4.69) is 38.1 Å². The van der Waals surface area contributed by atoms with E-state index in [1.807, 2.05) is 6.07 Å². The molecule has 0 aliphatic carbocycles. The van der Waals surface area contributed by atoms with Crippen molar-refractivity contribution in [2.75, 3.05) is 0 Å². The van der Waals surface area contributed by atoms with Crippen molar-refractivity contribution in [2.45, 2.75) is 26.7 Å². The molecule has 0 unspecified atom stereocenters. The minimum atomic E-state index is 0.606. The van der Waals surface area contributed by atoms with E-state index in [-0.39, 0.29) is 0 Å². The molecule has 3 rings (SSSR count).